The molecule has 2 aromatic rings. The van der Waals surface area contributed by atoms with Gasteiger partial charge in [0.15, 0.2) is 5.38 Å². The zero-order chi connectivity index (χ0) is 20.3. The van der Waals surface area contributed by atoms with E-state index < -0.39 is 0 Å². The Bertz CT molecular complexity index is 1060. The molecule has 4 aliphatic rings. The first kappa shape index (κ1) is 18.8. The fourth-order valence-electron chi connectivity index (χ4n) is 5.58. The lowest BCUT2D eigenvalue weighted by atomic mass is 9.84. The molecule has 1 saturated heterocycles. The van der Waals surface area contributed by atoms with Gasteiger partial charge in [-0.05, 0) is 55.9 Å². The predicted octanol–water partition coefficient (Wildman–Crippen LogP) is 3.09. The van der Waals surface area contributed by atoms with Gasteiger partial charge in [0, 0.05) is 48.3 Å². The molecule has 0 aromatic carbocycles. The minimum absolute atomic E-state index is 0.111. The number of hydrogen-bond donors (Lipinski definition) is 1. The Balaban J connectivity index is 1.16. The van der Waals surface area contributed by atoms with E-state index in [1.54, 1.807) is 0 Å². The van der Waals surface area contributed by atoms with Crippen LogP contribution in [-0.4, -0.2) is 52.1 Å². The van der Waals surface area contributed by atoms with Crippen molar-refractivity contribution < 1.29 is 0 Å². The number of aromatic amines is 1. The van der Waals surface area contributed by atoms with Crippen molar-refractivity contribution in [2.45, 2.75) is 51.0 Å². The minimum Gasteiger partial charge on any atom is -0.310 e. The average molecular weight is 425 g/mol. The number of piperazine rings is 1. The summed E-state index contributed by atoms with van der Waals surface area (Å²) >= 11 is 0. The summed E-state index contributed by atoms with van der Waals surface area (Å²) in [7, 11) is 0.166. The maximum atomic E-state index is 12.8. The normalized spacial score (nSPS) is 26.0. The molecule has 1 saturated carbocycles. The summed E-state index contributed by atoms with van der Waals surface area (Å²) in [4.78, 5) is 30.5. The lowest BCUT2D eigenvalue weighted by Gasteiger charge is -2.36. The molecular weight excluding hydrogens is 394 g/mol. The van der Waals surface area contributed by atoms with Crippen molar-refractivity contribution in [1.29, 1.82) is 0 Å². The number of fused-ring (bicyclic) bond motifs is 1. The van der Waals surface area contributed by atoms with E-state index in [9.17, 15) is 4.79 Å². The van der Waals surface area contributed by atoms with Gasteiger partial charge in [-0.25, -0.2) is 4.98 Å². The first-order chi connectivity index (χ1) is 14.6. The van der Waals surface area contributed by atoms with Gasteiger partial charge in [0.05, 0.1) is 11.9 Å². The highest BCUT2D eigenvalue weighted by molar-refractivity contribution is 7.31. The standard InChI is InChI=1S/C23H29N5OS/c1-30-13-8-24-22(30)28-11-9-27(10-12-28)17-3-2-16(14-17)20-25-19-4-5-23(6-7-23)15-18(19)21(29)26-20/h8,13-14,17H,2-7,9-12,15H2,1H3/p+1/t17-,30?/m1/s1. The van der Waals surface area contributed by atoms with Crippen molar-refractivity contribution in [3.63, 3.8) is 0 Å². The fraction of sp³-hybridized carbons (Fsp3) is 0.609. The molecule has 1 spiro atoms. The van der Waals surface area contributed by atoms with E-state index in [-0.39, 0.29) is 16.0 Å². The molecule has 6 rings (SSSR count). The second-order valence-corrected chi connectivity index (χ2v) is 11.3. The number of allylic oxidation sites excluding steroid dienone is 1. The van der Waals surface area contributed by atoms with Gasteiger partial charge in [0.25, 0.3) is 5.56 Å². The summed E-state index contributed by atoms with van der Waals surface area (Å²) in [5.41, 5.74) is 3.81. The molecule has 0 bridgehead atoms. The van der Waals surface area contributed by atoms with Gasteiger partial charge in [-0.2, -0.15) is 4.98 Å². The van der Waals surface area contributed by atoms with E-state index >= 15 is 0 Å². The number of thiazole rings is 1. The van der Waals surface area contributed by atoms with E-state index in [0.717, 1.165) is 68.9 Å². The summed E-state index contributed by atoms with van der Waals surface area (Å²) in [6.45, 7) is 4.24. The Hall–Kier alpha value is -1.99. The molecule has 1 N–H and O–H groups in total. The molecule has 2 atom stereocenters. The molecule has 7 heteroatoms. The van der Waals surface area contributed by atoms with Gasteiger partial charge < -0.3 is 9.88 Å². The third-order valence-corrected chi connectivity index (χ3v) is 9.17. The molecule has 30 heavy (non-hydrogen) atoms. The van der Waals surface area contributed by atoms with Crippen molar-refractivity contribution in [1.82, 2.24) is 19.9 Å². The third-order valence-electron chi connectivity index (χ3n) is 7.70. The molecule has 1 unspecified atom stereocenters. The Morgan fingerprint density at radius 2 is 2.00 bits per heavy atom. The summed E-state index contributed by atoms with van der Waals surface area (Å²) < 4.78 is 0. The highest BCUT2D eigenvalue weighted by Crippen LogP contribution is 2.53. The van der Waals surface area contributed by atoms with Crippen LogP contribution in [0.25, 0.3) is 5.57 Å². The quantitative estimate of drug-likeness (QED) is 0.767. The van der Waals surface area contributed by atoms with Gasteiger partial charge in [0.2, 0.25) is 0 Å². The number of aryl methyl sites for hydroxylation is 2. The van der Waals surface area contributed by atoms with Gasteiger partial charge >= 0.3 is 5.13 Å². The number of rotatable bonds is 3. The second-order valence-electron chi connectivity index (χ2n) is 9.59. The Kier molecular flexibility index (Phi) is 4.39. The number of hydrogen-bond acceptors (Lipinski definition) is 5. The molecule has 0 radical (unpaired) electrons. The van der Waals surface area contributed by atoms with Crippen LogP contribution in [0, 0.1) is 5.41 Å². The highest BCUT2D eigenvalue weighted by Gasteiger charge is 2.45. The Labute approximate surface area is 180 Å². The number of nitrogens with one attached hydrogen (secondary N) is 1. The summed E-state index contributed by atoms with van der Waals surface area (Å²) in [6.07, 6.45) is 14.4. The van der Waals surface area contributed by atoms with E-state index in [1.165, 1.54) is 30.0 Å². The maximum Gasteiger partial charge on any atom is 0.342 e. The Morgan fingerprint density at radius 1 is 1.17 bits per heavy atom. The van der Waals surface area contributed by atoms with Crippen molar-refractivity contribution in [2.75, 3.05) is 31.1 Å². The molecule has 2 fully saturated rings. The lowest BCUT2D eigenvalue weighted by molar-refractivity contribution is 0.214. The maximum absolute atomic E-state index is 12.8. The summed E-state index contributed by atoms with van der Waals surface area (Å²) in [5.74, 6) is 0.827. The molecular formula is C23H30N5OS+. The topological polar surface area (TPSA) is 65.1 Å². The highest BCUT2D eigenvalue weighted by atomic mass is 32.2. The largest absolute Gasteiger partial charge is 0.342 e. The van der Waals surface area contributed by atoms with Crippen molar-refractivity contribution in [3.8, 4) is 0 Å². The van der Waals surface area contributed by atoms with Crippen LogP contribution in [0.2, 0.25) is 0 Å². The number of nitrogens with zero attached hydrogens (tertiary/aromatic N) is 4. The molecule has 0 amide bonds. The molecule has 158 valence electrons. The van der Waals surface area contributed by atoms with Gasteiger partial charge in [-0.15, -0.1) is 0 Å². The molecule has 1 aliphatic heterocycles. The van der Waals surface area contributed by atoms with Gasteiger partial charge in [-0.3, -0.25) is 9.69 Å². The first-order valence-corrected chi connectivity index (χ1v) is 13.0. The fourth-order valence-corrected chi connectivity index (χ4v) is 6.77. The van der Waals surface area contributed by atoms with Crippen LogP contribution in [-0.2, 0) is 19.1 Å². The minimum atomic E-state index is 0.111. The van der Waals surface area contributed by atoms with Crippen LogP contribution in [0.5, 0.6) is 0 Å². The first-order valence-electron chi connectivity index (χ1n) is 11.3. The SMILES string of the molecule is C[s+]1ccnc1N1CCN([C@H]2C=C(c3nc4c(c(=O)[nH]3)CC3(CC4)CC3)CC2)CC1. The van der Waals surface area contributed by atoms with Crippen LogP contribution in [0.1, 0.15) is 49.2 Å². The van der Waals surface area contributed by atoms with E-state index in [1.807, 2.05) is 6.20 Å². The summed E-state index contributed by atoms with van der Waals surface area (Å²) in [6, 6.07) is 0.460. The van der Waals surface area contributed by atoms with Crippen LogP contribution in [0.3, 0.4) is 0 Å². The Morgan fingerprint density at radius 3 is 2.73 bits per heavy atom. The second kappa shape index (κ2) is 7.02. The van der Waals surface area contributed by atoms with Crippen LogP contribution < -0.4 is 10.5 Å². The summed E-state index contributed by atoms with van der Waals surface area (Å²) in [5, 5.41) is 3.45. The smallest absolute Gasteiger partial charge is 0.310 e. The zero-order valence-electron chi connectivity index (χ0n) is 17.7. The zero-order valence-corrected chi connectivity index (χ0v) is 18.5. The predicted molar refractivity (Wildman–Crippen MR) is 121 cm³/mol. The number of anilines is 1. The van der Waals surface area contributed by atoms with Gasteiger partial charge in [-0.1, -0.05) is 6.08 Å². The van der Waals surface area contributed by atoms with Crippen molar-refractivity contribution >= 4 is 21.2 Å². The molecule has 6 nitrogen and oxygen atoms in total. The number of aromatic nitrogens is 3. The average Bonchev–Trinajstić information content (AvgIpc) is 3.15. The number of H-pyrrole nitrogens is 1. The molecule has 3 heterocycles. The lowest BCUT2D eigenvalue weighted by Crippen LogP contribution is -2.49. The molecule has 3 aliphatic carbocycles. The van der Waals surface area contributed by atoms with Gasteiger partial charge in [0.1, 0.15) is 12.1 Å². The third kappa shape index (κ3) is 3.23. The monoisotopic (exact) mass is 424 g/mol. The van der Waals surface area contributed by atoms with Crippen LogP contribution >= 0.6 is 10.5 Å². The molecule has 2 aromatic heterocycles. The van der Waals surface area contributed by atoms with Crippen LogP contribution in [0.15, 0.2) is 22.4 Å². The van der Waals surface area contributed by atoms with E-state index in [0.29, 0.717) is 11.5 Å². The van der Waals surface area contributed by atoms with Crippen LogP contribution in [0.4, 0.5) is 5.13 Å². The van der Waals surface area contributed by atoms with E-state index in [2.05, 4.69) is 37.5 Å². The van der Waals surface area contributed by atoms with E-state index in [4.69, 9.17) is 4.98 Å². The van der Waals surface area contributed by atoms with Crippen molar-refractivity contribution in [3.05, 3.63) is 45.1 Å². The van der Waals surface area contributed by atoms with Crippen molar-refractivity contribution in [2.24, 2.45) is 11.7 Å².